The first kappa shape index (κ1) is 11.7. The summed E-state index contributed by atoms with van der Waals surface area (Å²) in [6, 6.07) is 10.3. The van der Waals surface area contributed by atoms with Crippen LogP contribution in [0, 0.1) is 27.7 Å². The third-order valence-electron chi connectivity index (χ3n) is 3.68. The molecule has 2 aromatic rings. The summed E-state index contributed by atoms with van der Waals surface area (Å²) in [5, 5.41) is 0. The van der Waals surface area contributed by atoms with E-state index in [4.69, 9.17) is 5.73 Å². The summed E-state index contributed by atoms with van der Waals surface area (Å²) in [7, 11) is 0. The molecular formula is C16H19N. The number of benzene rings is 2. The zero-order chi connectivity index (χ0) is 12.6. The average Bonchev–Trinajstić information content (AvgIpc) is 2.31. The Morgan fingerprint density at radius 2 is 1.53 bits per heavy atom. The predicted octanol–water partition coefficient (Wildman–Crippen LogP) is 4.17. The molecule has 1 heteroatoms. The van der Waals surface area contributed by atoms with Crippen LogP contribution in [-0.4, -0.2) is 0 Å². The Kier molecular flexibility index (Phi) is 2.93. The summed E-state index contributed by atoms with van der Waals surface area (Å²) < 4.78 is 0. The van der Waals surface area contributed by atoms with Gasteiger partial charge in [0, 0.05) is 5.69 Å². The van der Waals surface area contributed by atoms with Crippen LogP contribution in [0.25, 0.3) is 11.1 Å². The van der Waals surface area contributed by atoms with Gasteiger partial charge in [0.1, 0.15) is 0 Å². The number of hydrogen-bond donors (Lipinski definition) is 1. The van der Waals surface area contributed by atoms with E-state index in [1.165, 1.54) is 33.4 Å². The maximum Gasteiger partial charge on any atom is 0.0320 e. The highest BCUT2D eigenvalue weighted by atomic mass is 14.5. The zero-order valence-electron chi connectivity index (χ0n) is 11.0. The number of rotatable bonds is 1. The van der Waals surface area contributed by atoms with Gasteiger partial charge in [-0.05, 0) is 73.2 Å². The minimum atomic E-state index is 0.817. The zero-order valence-corrected chi connectivity index (χ0v) is 11.0. The fraction of sp³-hybridized carbons (Fsp3) is 0.250. The molecule has 0 saturated carbocycles. The largest absolute Gasteiger partial charge is 0.399 e. The second-order valence-electron chi connectivity index (χ2n) is 4.74. The van der Waals surface area contributed by atoms with Gasteiger partial charge in [0.2, 0.25) is 0 Å². The van der Waals surface area contributed by atoms with Gasteiger partial charge in [-0.25, -0.2) is 0 Å². The van der Waals surface area contributed by atoms with E-state index >= 15 is 0 Å². The third kappa shape index (κ3) is 2.05. The van der Waals surface area contributed by atoms with Gasteiger partial charge in [-0.3, -0.25) is 0 Å². The van der Waals surface area contributed by atoms with E-state index in [-0.39, 0.29) is 0 Å². The minimum Gasteiger partial charge on any atom is -0.399 e. The monoisotopic (exact) mass is 225 g/mol. The van der Waals surface area contributed by atoms with E-state index in [9.17, 15) is 0 Å². The molecule has 0 amide bonds. The molecule has 0 bridgehead atoms. The summed E-state index contributed by atoms with van der Waals surface area (Å²) >= 11 is 0. The van der Waals surface area contributed by atoms with E-state index in [0.29, 0.717) is 0 Å². The second kappa shape index (κ2) is 4.25. The van der Waals surface area contributed by atoms with Crippen molar-refractivity contribution < 1.29 is 0 Å². The van der Waals surface area contributed by atoms with Crippen LogP contribution in [0.1, 0.15) is 22.3 Å². The quantitative estimate of drug-likeness (QED) is 0.724. The van der Waals surface area contributed by atoms with Crippen LogP contribution in [0.5, 0.6) is 0 Å². The fourth-order valence-electron chi connectivity index (χ4n) is 2.22. The topological polar surface area (TPSA) is 26.0 Å². The lowest BCUT2D eigenvalue weighted by molar-refractivity contribution is 1.22. The highest BCUT2D eigenvalue weighted by Crippen LogP contribution is 2.30. The summed E-state index contributed by atoms with van der Waals surface area (Å²) in [6.07, 6.45) is 0. The van der Waals surface area contributed by atoms with E-state index < -0.39 is 0 Å². The van der Waals surface area contributed by atoms with Crippen LogP contribution in [0.2, 0.25) is 0 Å². The van der Waals surface area contributed by atoms with Crippen LogP contribution in [0.15, 0.2) is 30.3 Å². The third-order valence-corrected chi connectivity index (χ3v) is 3.68. The maximum atomic E-state index is 5.85. The van der Waals surface area contributed by atoms with Gasteiger partial charge in [0.15, 0.2) is 0 Å². The molecule has 88 valence electrons. The van der Waals surface area contributed by atoms with E-state index in [1.54, 1.807) is 0 Å². The first-order chi connectivity index (χ1) is 8.00. The summed E-state index contributed by atoms with van der Waals surface area (Å²) in [6.45, 7) is 8.71. The van der Waals surface area contributed by atoms with Crippen LogP contribution in [0.4, 0.5) is 5.69 Å². The Morgan fingerprint density at radius 3 is 2.18 bits per heavy atom. The van der Waals surface area contributed by atoms with Gasteiger partial charge in [-0.15, -0.1) is 0 Å². The van der Waals surface area contributed by atoms with E-state index in [1.807, 2.05) is 18.2 Å². The first-order valence-electron chi connectivity index (χ1n) is 5.94. The lowest BCUT2D eigenvalue weighted by Crippen LogP contribution is -1.95. The highest BCUT2D eigenvalue weighted by Gasteiger charge is 2.08. The van der Waals surface area contributed by atoms with Crippen LogP contribution < -0.4 is 5.73 Å². The molecule has 0 aliphatic carbocycles. The summed E-state index contributed by atoms with van der Waals surface area (Å²) in [5.41, 5.74) is 14.6. The Labute approximate surface area is 103 Å². The summed E-state index contributed by atoms with van der Waals surface area (Å²) in [4.78, 5) is 0. The van der Waals surface area contributed by atoms with Crippen molar-refractivity contribution in [3.63, 3.8) is 0 Å². The fourth-order valence-corrected chi connectivity index (χ4v) is 2.22. The maximum absolute atomic E-state index is 5.85. The number of anilines is 1. The minimum absolute atomic E-state index is 0.817. The first-order valence-corrected chi connectivity index (χ1v) is 5.94. The number of hydrogen-bond acceptors (Lipinski definition) is 1. The lowest BCUT2D eigenvalue weighted by Gasteiger charge is -2.14. The Morgan fingerprint density at radius 1 is 0.824 bits per heavy atom. The Balaban J connectivity index is 2.68. The van der Waals surface area contributed by atoms with E-state index in [0.717, 1.165) is 5.69 Å². The molecule has 0 atom stereocenters. The molecule has 17 heavy (non-hydrogen) atoms. The SMILES string of the molecule is Cc1cc(-c2cccc(N)c2)c(C)c(C)c1C. The number of aryl methyl sites for hydroxylation is 1. The van der Waals surface area contributed by atoms with Crippen molar-refractivity contribution in [2.45, 2.75) is 27.7 Å². The molecule has 0 fully saturated rings. The molecule has 0 aliphatic rings. The molecule has 0 spiro atoms. The van der Waals surface area contributed by atoms with Crippen molar-refractivity contribution in [1.29, 1.82) is 0 Å². The molecule has 0 heterocycles. The van der Waals surface area contributed by atoms with Crippen molar-refractivity contribution in [2.75, 3.05) is 5.73 Å². The predicted molar refractivity (Wildman–Crippen MR) is 75.2 cm³/mol. The normalized spacial score (nSPS) is 10.6. The highest BCUT2D eigenvalue weighted by molar-refractivity contribution is 5.72. The molecule has 2 N–H and O–H groups in total. The number of nitrogen functional groups attached to an aromatic ring is 1. The van der Waals surface area contributed by atoms with Gasteiger partial charge in [-0.1, -0.05) is 18.2 Å². The van der Waals surface area contributed by atoms with Gasteiger partial charge in [0.25, 0.3) is 0 Å². The lowest BCUT2D eigenvalue weighted by atomic mass is 9.91. The van der Waals surface area contributed by atoms with Crippen LogP contribution in [-0.2, 0) is 0 Å². The van der Waals surface area contributed by atoms with Crippen molar-refractivity contribution in [2.24, 2.45) is 0 Å². The van der Waals surface area contributed by atoms with Gasteiger partial charge in [0.05, 0.1) is 0 Å². The van der Waals surface area contributed by atoms with Gasteiger partial charge < -0.3 is 5.73 Å². The van der Waals surface area contributed by atoms with Crippen molar-refractivity contribution in [3.05, 3.63) is 52.6 Å². The Hall–Kier alpha value is -1.76. The van der Waals surface area contributed by atoms with Crippen molar-refractivity contribution >= 4 is 5.69 Å². The molecule has 0 unspecified atom stereocenters. The molecule has 2 rings (SSSR count). The molecular weight excluding hydrogens is 206 g/mol. The molecule has 0 aliphatic heterocycles. The molecule has 0 aromatic heterocycles. The van der Waals surface area contributed by atoms with Crippen LogP contribution in [0.3, 0.4) is 0 Å². The molecule has 1 nitrogen and oxygen atoms in total. The summed E-state index contributed by atoms with van der Waals surface area (Å²) in [5.74, 6) is 0. The molecule has 2 aromatic carbocycles. The van der Waals surface area contributed by atoms with Gasteiger partial charge >= 0.3 is 0 Å². The number of nitrogens with two attached hydrogens (primary N) is 1. The molecule has 0 radical (unpaired) electrons. The second-order valence-corrected chi connectivity index (χ2v) is 4.74. The Bertz CT molecular complexity index is 568. The van der Waals surface area contributed by atoms with Crippen molar-refractivity contribution in [1.82, 2.24) is 0 Å². The van der Waals surface area contributed by atoms with Crippen molar-refractivity contribution in [3.8, 4) is 11.1 Å². The van der Waals surface area contributed by atoms with E-state index in [2.05, 4.69) is 39.8 Å². The van der Waals surface area contributed by atoms with Crippen LogP contribution >= 0.6 is 0 Å². The van der Waals surface area contributed by atoms with Gasteiger partial charge in [-0.2, -0.15) is 0 Å². The molecule has 0 saturated heterocycles. The average molecular weight is 225 g/mol. The standard InChI is InChI=1S/C16H19N/c1-10-8-16(13(4)12(3)11(10)2)14-6-5-7-15(17)9-14/h5-9H,17H2,1-4H3. The smallest absolute Gasteiger partial charge is 0.0320 e.